The van der Waals surface area contributed by atoms with E-state index in [1.54, 1.807) is 25.1 Å². The van der Waals surface area contributed by atoms with Crippen LogP contribution in [0.2, 0.25) is 0 Å². The molecule has 2 N–H and O–H groups in total. The molecule has 0 unspecified atom stereocenters. The van der Waals surface area contributed by atoms with Crippen molar-refractivity contribution >= 4 is 17.5 Å². The molecule has 0 saturated heterocycles. The van der Waals surface area contributed by atoms with Crippen molar-refractivity contribution in [1.82, 2.24) is 5.32 Å². The molecule has 0 heterocycles. The van der Waals surface area contributed by atoms with Crippen LogP contribution in [0.5, 0.6) is 0 Å². The highest BCUT2D eigenvalue weighted by atomic mass is 19.4. The van der Waals surface area contributed by atoms with E-state index in [0.29, 0.717) is 16.8 Å². The predicted molar refractivity (Wildman–Crippen MR) is 109 cm³/mol. The van der Waals surface area contributed by atoms with Gasteiger partial charge in [-0.15, -0.1) is 0 Å². The van der Waals surface area contributed by atoms with E-state index in [1.165, 1.54) is 12.1 Å². The molecule has 0 aliphatic carbocycles. The number of hydrogen-bond donors (Lipinski definition) is 2. The van der Waals surface area contributed by atoms with E-state index in [1.807, 2.05) is 47.8 Å². The predicted octanol–water partition coefficient (Wildman–Crippen LogP) is 5.21. The van der Waals surface area contributed by atoms with Crippen LogP contribution in [0.15, 0.2) is 72.8 Å². The second kappa shape index (κ2) is 8.82. The van der Waals surface area contributed by atoms with Crippen LogP contribution in [0.1, 0.15) is 26.3 Å². The van der Waals surface area contributed by atoms with Gasteiger partial charge in [-0.2, -0.15) is 13.2 Å². The standard InChI is InChI=1S/C23H19F3N2O2/c1-15-7-8-19(21(29)27-14-23(24,25)26)13-20(15)28-22(30)18-11-9-17(10-12-18)16-5-3-2-4-6-16/h2-13H,14H2,1H3,(H,27,29)(H,28,30). The first-order chi connectivity index (χ1) is 14.2. The molecule has 0 saturated carbocycles. The average molecular weight is 412 g/mol. The molecular weight excluding hydrogens is 393 g/mol. The number of alkyl halides is 3. The Morgan fingerprint density at radius 2 is 1.40 bits per heavy atom. The third kappa shape index (κ3) is 5.47. The zero-order valence-corrected chi connectivity index (χ0v) is 16.1. The number of nitrogens with one attached hydrogen (secondary N) is 2. The third-order valence-electron chi connectivity index (χ3n) is 4.45. The molecule has 3 aromatic rings. The molecule has 0 bridgehead atoms. The third-order valence-corrected chi connectivity index (χ3v) is 4.45. The topological polar surface area (TPSA) is 58.2 Å². The van der Waals surface area contributed by atoms with Gasteiger partial charge >= 0.3 is 6.18 Å². The molecule has 0 fully saturated rings. The van der Waals surface area contributed by atoms with Crippen LogP contribution >= 0.6 is 0 Å². The number of hydrogen-bond acceptors (Lipinski definition) is 2. The van der Waals surface area contributed by atoms with Crippen LogP contribution in [-0.2, 0) is 0 Å². The first-order valence-electron chi connectivity index (χ1n) is 9.15. The van der Waals surface area contributed by atoms with Gasteiger partial charge in [0.15, 0.2) is 0 Å². The lowest BCUT2D eigenvalue weighted by atomic mass is 10.0. The second-order valence-electron chi connectivity index (χ2n) is 6.73. The number of aryl methyl sites for hydroxylation is 1. The average Bonchev–Trinajstić information content (AvgIpc) is 2.73. The molecule has 0 spiro atoms. The van der Waals surface area contributed by atoms with Crippen molar-refractivity contribution in [2.45, 2.75) is 13.1 Å². The summed E-state index contributed by atoms with van der Waals surface area (Å²) in [4.78, 5) is 24.6. The first-order valence-corrected chi connectivity index (χ1v) is 9.15. The van der Waals surface area contributed by atoms with Crippen molar-refractivity contribution in [2.75, 3.05) is 11.9 Å². The Morgan fingerprint density at radius 1 is 0.800 bits per heavy atom. The lowest BCUT2D eigenvalue weighted by Gasteiger charge is -2.12. The second-order valence-corrected chi connectivity index (χ2v) is 6.73. The zero-order chi connectivity index (χ0) is 21.7. The lowest BCUT2D eigenvalue weighted by molar-refractivity contribution is -0.123. The fraction of sp³-hybridized carbons (Fsp3) is 0.130. The molecule has 0 aliphatic rings. The van der Waals surface area contributed by atoms with Gasteiger partial charge in [-0.1, -0.05) is 48.5 Å². The van der Waals surface area contributed by atoms with E-state index in [-0.39, 0.29) is 11.5 Å². The molecule has 0 aromatic heterocycles. The molecular formula is C23H19F3N2O2. The molecule has 0 radical (unpaired) electrons. The summed E-state index contributed by atoms with van der Waals surface area (Å²) in [6.45, 7) is 0.306. The summed E-state index contributed by atoms with van der Waals surface area (Å²) in [7, 11) is 0. The molecule has 30 heavy (non-hydrogen) atoms. The number of carbonyl (C=O) groups is 2. The highest BCUT2D eigenvalue weighted by molar-refractivity contribution is 6.05. The van der Waals surface area contributed by atoms with E-state index < -0.39 is 18.6 Å². The molecule has 4 nitrogen and oxygen atoms in total. The van der Waals surface area contributed by atoms with Crippen molar-refractivity contribution in [2.24, 2.45) is 0 Å². The molecule has 2 amide bonds. The Hall–Kier alpha value is -3.61. The minimum Gasteiger partial charge on any atom is -0.343 e. The maximum absolute atomic E-state index is 12.6. The Balaban J connectivity index is 1.72. The van der Waals surface area contributed by atoms with Crippen molar-refractivity contribution in [3.63, 3.8) is 0 Å². The van der Waals surface area contributed by atoms with Crippen LogP contribution in [-0.4, -0.2) is 24.5 Å². The number of anilines is 1. The van der Waals surface area contributed by atoms with E-state index >= 15 is 0 Å². The molecule has 0 aliphatic heterocycles. The van der Waals surface area contributed by atoms with E-state index in [2.05, 4.69) is 5.32 Å². The van der Waals surface area contributed by atoms with Gasteiger partial charge in [0.2, 0.25) is 0 Å². The smallest absolute Gasteiger partial charge is 0.343 e. The van der Waals surface area contributed by atoms with E-state index in [9.17, 15) is 22.8 Å². The Labute approximate surface area is 171 Å². The van der Waals surface area contributed by atoms with Crippen molar-refractivity contribution < 1.29 is 22.8 Å². The van der Waals surface area contributed by atoms with E-state index in [0.717, 1.165) is 11.1 Å². The number of carbonyl (C=O) groups excluding carboxylic acids is 2. The minimum atomic E-state index is -4.50. The van der Waals surface area contributed by atoms with Gasteiger partial charge in [0, 0.05) is 16.8 Å². The maximum Gasteiger partial charge on any atom is 0.405 e. The van der Waals surface area contributed by atoms with Crippen molar-refractivity contribution in [3.05, 3.63) is 89.5 Å². The summed E-state index contributed by atoms with van der Waals surface area (Å²) >= 11 is 0. The monoisotopic (exact) mass is 412 g/mol. The molecule has 3 rings (SSSR count). The van der Waals surface area contributed by atoms with Crippen LogP contribution in [0.25, 0.3) is 11.1 Å². The Bertz CT molecular complexity index is 1050. The lowest BCUT2D eigenvalue weighted by Crippen LogP contribution is -2.33. The first kappa shape index (κ1) is 21.1. The van der Waals surface area contributed by atoms with Crippen LogP contribution < -0.4 is 10.6 Å². The van der Waals surface area contributed by atoms with Crippen LogP contribution in [0.3, 0.4) is 0 Å². The number of halogens is 3. The normalized spacial score (nSPS) is 11.1. The summed E-state index contributed by atoms with van der Waals surface area (Å²) in [6, 6.07) is 21.1. The SMILES string of the molecule is Cc1ccc(C(=O)NCC(F)(F)F)cc1NC(=O)c1ccc(-c2ccccc2)cc1. The minimum absolute atomic E-state index is 0.0274. The van der Waals surface area contributed by atoms with Gasteiger partial charge in [0.1, 0.15) is 6.54 Å². The summed E-state index contributed by atoms with van der Waals surface area (Å²) in [5, 5.41) is 4.53. The number of amides is 2. The van der Waals surface area contributed by atoms with Gasteiger partial charge in [-0.05, 0) is 47.9 Å². The Morgan fingerprint density at radius 3 is 2.03 bits per heavy atom. The highest BCUT2D eigenvalue weighted by Gasteiger charge is 2.28. The van der Waals surface area contributed by atoms with Crippen molar-refractivity contribution in [1.29, 1.82) is 0 Å². The summed E-state index contributed by atoms with van der Waals surface area (Å²) in [6.07, 6.45) is -4.50. The van der Waals surface area contributed by atoms with Gasteiger partial charge in [0.25, 0.3) is 11.8 Å². The summed E-state index contributed by atoms with van der Waals surface area (Å²) in [5.41, 5.74) is 3.47. The largest absolute Gasteiger partial charge is 0.405 e. The van der Waals surface area contributed by atoms with Gasteiger partial charge in [-0.3, -0.25) is 9.59 Å². The van der Waals surface area contributed by atoms with Crippen LogP contribution in [0.4, 0.5) is 18.9 Å². The van der Waals surface area contributed by atoms with Gasteiger partial charge in [0.05, 0.1) is 0 Å². The number of benzene rings is 3. The summed E-state index contributed by atoms with van der Waals surface area (Å²) in [5.74, 6) is -1.25. The fourth-order valence-electron chi connectivity index (χ4n) is 2.82. The zero-order valence-electron chi connectivity index (χ0n) is 16.1. The van der Waals surface area contributed by atoms with Gasteiger partial charge < -0.3 is 10.6 Å². The molecule has 7 heteroatoms. The molecule has 154 valence electrons. The summed E-state index contributed by atoms with van der Waals surface area (Å²) < 4.78 is 36.9. The number of rotatable bonds is 5. The van der Waals surface area contributed by atoms with E-state index in [4.69, 9.17) is 0 Å². The maximum atomic E-state index is 12.6. The fourth-order valence-corrected chi connectivity index (χ4v) is 2.82. The highest BCUT2D eigenvalue weighted by Crippen LogP contribution is 2.21. The quantitative estimate of drug-likeness (QED) is 0.605. The van der Waals surface area contributed by atoms with Crippen LogP contribution in [0, 0.1) is 6.92 Å². The van der Waals surface area contributed by atoms with Gasteiger partial charge in [-0.25, -0.2) is 0 Å². The Kier molecular flexibility index (Phi) is 6.20. The van der Waals surface area contributed by atoms with Crippen molar-refractivity contribution in [3.8, 4) is 11.1 Å². The molecule has 3 aromatic carbocycles. The molecule has 0 atom stereocenters.